The molecule has 1 aromatic carbocycles. The molecule has 1 aliphatic rings. The molecule has 1 fully saturated rings. The van der Waals surface area contributed by atoms with Gasteiger partial charge in [0.05, 0.1) is 19.0 Å². The second-order valence-electron chi connectivity index (χ2n) is 7.70. The molecular weight excluding hydrogens is 424 g/mol. The average Bonchev–Trinajstić information content (AvgIpc) is 3.37. The monoisotopic (exact) mass is 450 g/mol. The van der Waals surface area contributed by atoms with Crippen LogP contribution in [0.4, 0.5) is 5.69 Å². The van der Waals surface area contributed by atoms with Crippen molar-refractivity contribution in [2.75, 3.05) is 12.0 Å². The summed E-state index contributed by atoms with van der Waals surface area (Å²) >= 11 is 1.44. The van der Waals surface area contributed by atoms with Crippen LogP contribution in [0.5, 0.6) is 5.75 Å². The highest BCUT2D eigenvalue weighted by molar-refractivity contribution is 7.10. The van der Waals surface area contributed by atoms with Crippen LogP contribution in [0.25, 0.3) is 0 Å². The molecule has 2 aromatic heterocycles. The summed E-state index contributed by atoms with van der Waals surface area (Å²) < 4.78 is 5.55. The van der Waals surface area contributed by atoms with Crippen LogP contribution in [0.2, 0.25) is 0 Å². The Morgan fingerprint density at radius 1 is 1.12 bits per heavy atom. The van der Waals surface area contributed by atoms with E-state index < -0.39 is 11.9 Å². The molecule has 3 aromatic rings. The summed E-state index contributed by atoms with van der Waals surface area (Å²) in [6, 6.07) is 10.2. The van der Waals surface area contributed by atoms with Crippen LogP contribution in [0.3, 0.4) is 0 Å². The van der Waals surface area contributed by atoms with Crippen LogP contribution in [-0.4, -0.2) is 34.9 Å². The second-order valence-corrected chi connectivity index (χ2v) is 8.68. The predicted octanol–water partition coefficient (Wildman–Crippen LogP) is 4.38. The third-order valence-corrected chi connectivity index (χ3v) is 6.54. The number of hydrogen-bond acceptors (Lipinski definition) is 6. The topological polar surface area (TPSA) is 84.4 Å². The molecular formula is C24H26N4O3S. The lowest BCUT2D eigenvalue weighted by Crippen LogP contribution is -2.47. The number of amides is 2. The Balaban J connectivity index is 1.79. The van der Waals surface area contributed by atoms with Gasteiger partial charge in [-0.3, -0.25) is 19.5 Å². The van der Waals surface area contributed by atoms with Crippen LogP contribution >= 0.6 is 11.3 Å². The summed E-state index contributed by atoms with van der Waals surface area (Å²) in [5, 5.41) is 5.10. The fraction of sp³-hybridized carbons (Fsp3) is 0.333. The Labute approximate surface area is 191 Å². The van der Waals surface area contributed by atoms with Crippen LogP contribution in [-0.2, 0) is 4.79 Å². The first-order chi connectivity index (χ1) is 15.7. The summed E-state index contributed by atoms with van der Waals surface area (Å²) in [4.78, 5) is 37.9. The summed E-state index contributed by atoms with van der Waals surface area (Å²) in [6.45, 7) is 0. The molecule has 166 valence electrons. The van der Waals surface area contributed by atoms with Gasteiger partial charge in [0.25, 0.3) is 5.91 Å². The standard InChI is InChI=1S/C24H26N4O3S/c1-31-20-11-6-5-10-19(20)28(24(30)18-16-25-13-14-26-18)22(21-12-7-15-32-21)23(29)27-17-8-3-2-4-9-17/h5-7,10-17,22H,2-4,8-9H2,1H3,(H,27,29). The number of anilines is 1. The van der Waals surface area contributed by atoms with E-state index in [1.54, 1.807) is 19.2 Å². The van der Waals surface area contributed by atoms with Gasteiger partial charge >= 0.3 is 0 Å². The van der Waals surface area contributed by atoms with Crippen LogP contribution in [0.15, 0.2) is 60.4 Å². The lowest BCUT2D eigenvalue weighted by molar-refractivity contribution is -0.123. The Hall–Kier alpha value is -3.26. The molecule has 7 nitrogen and oxygen atoms in total. The zero-order valence-corrected chi connectivity index (χ0v) is 18.8. The van der Waals surface area contributed by atoms with Crippen LogP contribution in [0.1, 0.15) is 53.5 Å². The summed E-state index contributed by atoms with van der Waals surface area (Å²) in [6.07, 6.45) is 9.69. The van der Waals surface area contributed by atoms with Crippen molar-refractivity contribution >= 4 is 28.8 Å². The number of ether oxygens (including phenoxy) is 1. The molecule has 8 heteroatoms. The summed E-state index contributed by atoms with van der Waals surface area (Å²) in [5.74, 6) is -0.126. The van der Waals surface area contributed by atoms with E-state index in [0.717, 1.165) is 30.6 Å². The van der Waals surface area contributed by atoms with Crippen molar-refractivity contribution in [2.24, 2.45) is 0 Å². The van der Waals surface area contributed by atoms with Gasteiger partial charge in [-0.05, 0) is 36.4 Å². The summed E-state index contributed by atoms with van der Waals surface area (Å²) in [7, 11) is 1.55. The van der Waals surface area contributed by atoms with E-state index in [9.17, 15) is 9.59 Å². The van der Waals surface area contributed by atoms with E-state index in [-0.39, 0.29) is 17.6 Å². The van der Waals surface area contributed by atoms with E-state index in [1.807, 2.05) is 29.6 Å². The number of rotatable bonds is 7. The predicted molar refractivity (Wildman–Crippen MR) is 124 cm³/mol. The Bertz CT molecular complexity index is 1040. The number of aromatic nitrogens is 2. The number of methoxy groups -OCH3 is 1. The molecule has 4 rings (SSSR count). The zero-order chi connectivity index (χ0) is 22.3. The molecule has 0 saturated heterocycles. The van der Waals surface area contributed by atoms with Crippen molar-refractivity contribution < 1.29 is 14.3 Å². The largest absolute Gasteiger partial charge is 0.495 e. The van der Waals surface area contributed by atoms with Gasteiger partial charge in [0.2, 0.25) is 5.91 Å². The smallest absolute Gasteiger partial charge is 0.279 e. The van der Waals surface area contributed by atoms with E-state index >= 15 is 0 Å². The highest BCUT2D eigenvalue weighted by atomic mass is 32.1. The highest BCUT2D eigenvalue weighted by Gasteiger charge is 2.37. The average molecular weight is 451 g/mol. The quantitative estimate of drug-likeness (QED) is 0.577. The first-order valence-electron chi connectivity index (χ1n) is 10.8. The molecule has 32 heavy (non-hydrogen) atoms. The number of carbonyl (C=O) groups is 2. The van der Waals surface area contributed by atoms with Crippen molar-refractivity contribution in [3.8, 4) is 5.75 Å². The van der Waals surface area contributed by atoms with Crippen molar-refractivity contribution in [3.05, 3.63) is 70.9 Å². The maximum atomic E-state index is 13.7. The molecule has 0 bridgehead atoms. The summed E-state index contributed by atoms with van der Waals surface area (Å²) in [5.41, 5.74) is 0.660. The zero-order valence-electron chi connectivity index (χ0n) is 17.9. The third-order valence-electron chi connectivity index (χ3n) is 5.62. The number of benzene rings is 1. The number of hydrogen-bond donors (Lipinski definition) is 1. The van der Waals surface area contributed by atoms with Gasteiger partial charge in [-0.2, -0.15) is 0 Å². The number of thiophene rings is 1. The van der Waals surface area contributed by atoms with Gasteiger partial charge in [0, 0.05) is 23.3 Å². The van der Waals surface area contributed by atoms with E-state index in [2.05, 4.69) is 15.3 Å². The maximum absolute atomic E-state index is 13.7. The van der Waals surface area contributed by atoms with E-state index in [1.165, 1.54) is 41.2 Å². The van der Waals surface area contributed by atoms with Crippen molar-refractivity contribution in [2.45, 2.75) is 44.2 Å². The van der Waals surface area contributed by atoms with Crippen LogP contribution < -0.4 is 15.0 Å². The number of para-hydroxylation sites is 2. The van der Waals surface area contributed by atoms with Gasteiger partial charge in [0.1, 0.15) is 11.4 Å². The number of nitrogens with zero attached hydrogens (tertiary/aromatic N) is 3. The molecule has 1 N–H and O–H groups in total. The first-order valence-corrected chi connectivity index (χ1v) is 11.6. The molecule has 0 spiro atoms. The fourth-order valence-electron chi connectivity index (χ4n) is 4.08. The van der Waals surface area contributed by atoms with Gasteiger partial charge in [-0.25, -0.2) is 4.98 Å². The fourth-order valence-corrected chi connectivity index (χ4v) is 4.89. The van der Waals surface area contributed by atoms with Crippen molar-refractivity contribution in [3.63, 3.8) is 0 Å². The minimum Gasteiger partial charge on any atom is -0.495 e. The number of carbonyl (C=O) groups excluding carboxylic acids is 2. The number of nitrogens with one attached hydrogen (secondary N) is 1. The Kier molecular flexibility index (Phi) is 7.11. The molecule has 0 radical (unpaired) electrons. The lowest BCUT2D eigenvalue weighted by Gasteiger charge is -2.33. The van der Waals surface area contributed by atoms with Crippen molar-refractivity contribution in [1.82, 2.24) is 15.3 Å². The minimum absolute atomic E-state index is 0.116. The van der Waals surface area contributed by atoms with Crippen LogP contribution in [0, 0.1) is 0 Å². The van der Waals surface area contributed by atoms with Crippen molar-refractivity contribution in [1.29, 1.82) is 0 Å². The van der Waals surface area contributed by atoms with Gasteiger partial charge < -0.3 is 10.1 Å². The van der Waals surface area contributed by atoms with Gasteiger partial charge in [-0.15, -0.1) is 11.3 Å². The van der Waals surface area contributed by atoms with E-state index in [4.69, 9.17) is 4.74 Å². The highest BCUT2D eigenvalue weighted by Crippen LogP contribution is 2.37. The molecule has 1 unspecified atom stereocenters. The lowest BCUT2D eigenvalue weighted by atomic mass is 9.95. The SMILES string of the molecule is COc1ccccc1N(C(=O)c1cnccn1)C(C(=O)NC1CCCCC1)c1cccs1. The van der Waals surface area contributed by atoms with Gasteiger partial charge in [-0.1, -0.05) is 37.5 Å². The molecule has 0 aliphatic heterocycles. The maximum Gasteiger partial charge on any atom is 0.279 e. The molecule has 2 amide bonds. The Morgan fingerprint density at radius 2 is 1.94 bits per heavy atom. The molecule has 1 aliphatic carbocycles. The molecule has 1 saturated carbocycles. The molecule has 2 heterocycles. The first kappa shape index (κ1) is 22.0. The molecule has 1 atom stereocenters. The minimum atomic E-state index is -0.859. The van der Waals surface area contributed by atoms with E-state index in [0.29, 0.717) is 11.4 Å². The normalized spacial score (nSPS) is 15.0. The third kappa shape index (κ3) is 4.80. The van der Waals surface area contributed by atoms with Gasteiger partial charge in [0.15, 0.2) is 6.04 Å². The Morgan fingerprint density at radius 3 is 2.62 bits per heavy atom. The second kappa shape index (κ2) is 10.4.